The van der Waals surface area contributed by atoms with Crippen molar-refractivity contribution >= 4 is 17.3 Å². The molecule has 122 valence electrons. The molecule has 1 aliphatic rings. The zero-order chi connectivity index (χ0) is 16.2. The SMILES string of the molecule is C[n+]1ccn(CC(=O)N2CCCN(c3ccc(N)cc3)CC2)c1. The van der Waals surface area contributed by atoms with Gasteiger partial charge in [0.25, 0.3) is 5.91 Å². The molecule has 1 aromatic carbocycles. The molecule has 1 fully saturated rings. The maximum absolute atomic E-state index is 12.5. The summed E-state index contributed by atoms with van der Waals surface area (Å²) in [5.41, 5.74) is 7.70. The van der Waals surface area contributed by atoms with Crippen LogP contribution in [0.15, 0.2) is 43.0 Å². The molecule has 1 aliphatic heterocycles. The number of nitrogen functional groups attached to an aromatic ring is 1. The average Bonchev–Trinajstić information content (AvgIpc) is 2.80. The van der Waals surface area contributed by atoms with E-state index in [0.29, 0.717) is 6.54 Å². The highest BCUT2D eigenvalue weighted by atomic mass is 16.2. The average molecular weight is 314 g/mol. The molecule has 1 saturated heterocycles. The first-order chi connectivity index (χ1) is 11.1. The van der Waals surface area contributed by atoms with Crippen LogP contribution in [0.2, 0.25) is 0 Å². The molecule has 6 nitrogen and oxygen atoms in total. The summed E-state index contributed by atoms with van der Waals surface area (Å²) < 4.78 is 3.86. The lowest BCUT2D eigenvalue weighted by atomic mass is 10.2. The quantitative estimate of drug-likeness (QED) is 0.668. The van der Waals surface area contributed by atoms with Gasteiger partial charge in [0.15, 0.2) is 6.54 Å². The van der Waals surface area contributed by atoms with Gasteiger partial charge < -0.3 is 15.5 Å². The molecule has 2 heterocycles. The second kappa shape index (κ2) is 6.73. The number of nitrogens with zero attached hydrogens (tertiary/aromatic N) is 4. The molecule has 0 radical (unpaired) electrons. The Kier molecular flexibility index (Phi) is 4.50. The molecule has 3 rings (SSSR count). The van der Waals surface area contributed by atoms with Gasteiger partial charge in [-0.15, -0.1) is 0 Å². The van der Waals surface area contributed by atoms with Gasteiger partial charge in [-0.25, -0.2) is 9.13 Å². The molecule has 1 amide bonds. The van der Waals surface area contributed by atoms with Crippen LogP contribution in [0.3, 0.4) is 0 Å². The van der Waals surface area contributed by atoms with Crippen LogP contribution in [0, 0.1) is 0 Å². The van der Waals surface area contributed by atoms with Crippen LogP contribution in [0.5, 0.6) is 0 Å². The van der Waals surface area contributed by atoms with Gasteiger partial charge in [0.2, 0.25) is 6.33 Å². The predicted molar refractivity (Wildman–Crippen MR) is 89.9 cm³/mol. The molecule has 0 spiro atoms. The van der Waals surface area contributed by atoms with Crippen molar-refractivity contribution in [2.45, 2.75) is 13.0 Å². The molecule has 0 saturated carbocycles. The van der Waals surface area contributed by atoms with Gasteiger partial charge in [0, 0.05) is 37.6 Å². The molecule has 2 aromatic rings. The smallest absolute Gasteiger partial charge is 0.264 e. The van der Waals surface area contributed by atoms with E-state index < -0.39 is 0 Å². The standard InChI is InChI=1S/C17H24N5O/c1-19-9-10-20(14-19)13-17(23)22-8-2-7-21(11-12-22)16-5-3-15(18)4-6-16/h3-6,9-10,14H,2,7-8,11-13,18H2,1H3/q+1. The number of rotatable bonds is 3. The van der Waals surface area contributed by atoms with Crippen LogP contribution in [0.4, 0.5) is 11.4 Å². The lowest BCUT2D eigenvalue weighted by Crippen LogP contribution is -2.37. The zero-order valence-electron chi connectivity index (χ0n) is 13.6. The van der Waals surface area contributed by atoms with Gasteiger partial charge in [0.05, 0.1) is 7.05 Å². The van der Waals surface area contributed by atoms with Crippen molar-refractivity contribution in [2.24, 2.45) is 7.05 Å². The second-order valence-corrected chi connectivity index (χ2v) is 6.06. The second-order valence-electron chi connectivity index (χ2n) is 6.06. The summed E-state index contributed by atoms with van der Waals surface area (Å²) in [6, 6.07) is 7.95. The van der Waals surface area contributed by atoms with E-state index in [1.54, 1.807) is 0 Å². The van der Waals surface area contributed by atoms with Crippen LogP contribution in [-0.2, 0) is 18.4 Å². The molecule has 0 atom stereocenters. The van der Waals surface area contributed by atoms with E-state index in [0.717, 1.165) is 38.3 Å². The van der Waals surface area contributed by atoms with Gasteiger partial charge in [-0.05, 0) is 30.7 Å². The number of imidazole rings is 1. The number of amides is 1. The van der Waals surface area contributed by atoms with Crippen molar-refractivity contribution in [2.75, 3.05) is 36.8 Å². The highest BCUT2D eigenvalue weighted by Gasteiger charge is 2.21. The summed E-state index contributed by atoms with van der Waals surface area (Å²) in [7, 11) is 1.96. The molecular weight excluding hydrogens is 290 g/mol. The number of benzene rings is 1. The van der Waals surface area contributed by atoms with Crippen LogP contribution >= 0.6 is 0 Å². The minimum atomic E-state index is 0.181. The first kappa shape index (κ1) is 15.4. The van der Waals surface area contributed by atoms with E-state index in [4.69, 9.17) is 5.73 Å². The third kappa shape index (κ3) is 3.83. The predicted octanol–water partition coefficient (Wildman–Crippen LogP) is 0.634. The molecular formula is C17H24N5O+. The maximum Gasteiger partial charge on any atom is 0.264 e. The molecule has 1 aromatic heterocycles. The minimum Gasteiger partial charge on any atom is -0.399 e. The molecule has 6 heteroatoms. The first-order valence-electron chi connectivity index (χ1n) is 8.01. The van der Waals surface area contributed by atoms with Gasteiger partial charge in [-0.3, -0.25) is 4.79 Å². The summed E-state index contributed by atoms with van der Waals surface area (Å²) in [6.07, 6.45) is 6.78. The normalized spacial score (nSPS) is 15.5. The van der Waals surface area contributed by atoms with Gasteiger partial charge >= 0.3 is 0 Å². The summed E-state index contributed by atoms with van der Waals surface area (Å²) in [5.74, 6) is 0.181. The summed E-state index contributed by atoms with van der Waals surface area (Å²) in [6.45, 7) is 3.80. The zero-order valence-corrected chi connectivity index (χ0v) is 13.6. The van der Waals surface area contributed by atoms with E-state index >= 15 is 0 Å². The van der Waals surface area contributed by atoms with Crippen LogP contribution in [-0.4, -0.2) is 41.6 Å². The van der Waals surface area contributed by atoms with Gasteiger partial charge in [-0.1, -0.05) is 0 Å². The number of aromatic nitrogens is 2. The number of carbonyl (C=O) groups excluding carboxylic acids is 1. The van der Waals surface area contributed by atoms with Crippen molar-refractivity contribution in [3.63, 3.8) is 0 Å². The summed E-state index contributed by atoms with van der Waals surface area (Å²) >= 11 is 0. The Morgan fingerprint density at radius 2 is 1.96 bits per heavy atom. The Morgan fingerprint density at radius 1 is 1.17 bits per heavy atom. The number of hydrogen-bond donors (Lipinski definition) is 1. The number of aryl methyl sites for hydroxylation is 1. The minimum absolute atomic E-state index is 0.181. The van der Waals surface area contributed by atoms with Crippen LogP contribution in [0.1, 0.15) is 6.42 Å². The van der Waals surface area contributed by atoms with Gasteiger partial charge in [-0.2, -0.15) is 0 Å². The van der Waals surface area contributed by atoms with Gasteiger partial charge in [0.1, 0.15) is 12.4 Å². The molecule has 0 bridgehead atoms. The maximum atomic E-state index is 12.5. The molecule has 0 unspecified atom stereocenters. The third-order valence-electron chi connectivity index (χ3n) is 4.25. The van der Waals surface area contributed by atoms with Crippen molar-refractivity contribution in [3.8, 4) is 0 Å². The third-order valence-corrected chi connectivity index (χ3v) is 4.25. The molecule has 2 N–H and O–H groups in total. The van der Waals surface area contributed by atoms with E-state index in [-0.39, 0.29) is 5.91 Å². The highest BCUT2D eigenvalue weighted by Crippen LogP contribution is 2.18. The fourth-order valence-electron chi connectivity index (χ4n) is 2.96. The van der Waals surface area contributed by atoms with Crippen LogP contribution in [0.25, 0.3) is 0 Å². The largest absolute Gasteiger partial charge is 0.399 e. The summed E-state index contributed by atoms with van der Waals surface area (Å²) in [4.78, 5) is 16.8. The number of nitrogens with two attached hydrogens (primary N) is 1. The topological polar surface area (TPSA) is 58.4 Å². The van der Waals surface area contributed by atoms with Crippen molar-refractivity contribution in [3.05, 3.63) is 43.0 Å². The monoisotopic (exact) mass is 314 g/mol. The van der Waals surface area contributed by atoms with E-state index in [2.05, 4.69) is 4.90 Å². The lowest BCUT2D eigenvalue weighted by Gasteiger charge is -2.23. The van der Waals surface area contributed by atoms with Crippen molar-refractivity contribution in [1.82, 2.24) is 9.47 Å². The van der Waals surface area contributed by atoms with Crippen molar-refractivity contribution in [1.29, 1.82) is 0 Å². The summed E-state index contributed by atoms with van der Waals surface area (Å²) in [5, 5.41) is 0. The Balaban J connectivity index is 1.59. The highest BCUT2D eigenvalue weighted by molar-refractivity contribution is 5.76. The Labute approximate surface area is 136 Å². The Hall–Kier alpha value is -2.50. The first-order valence-corrected chi connectivity index (χ1v) is 8.01. The van der Waals surface area contributed by atoms with E-state index in [9.17, 15) is 4.79 Å². The fraction of sp³-hybridized carbons (Fsp3) is 0.412. The number of anilines is 2. The molecule has 0 aliphatic carbocycles. The Morgan fingerprint density at radius 3 is 2.65 bits per heavy atom. The number of hydrogen-bond acceptors (Lipinski definition) is 3. The molecule has 23 heavy (non-hydrogen) atoms. The van der Waals surface area contributed by atoms with Crippen molar-refractivity contribution < 1.29 is 9.36 Å². The van der Waals surface area contributed by atoms with Crippen LogP contribution < -0.4 is 15.2 Å². The number of carbonyl (C=O) groups is 1. The van der Waals surface area contributed by atoms with E-state index in [1.165, 1.54) is 5.69 Å². The fourth-order valence-corrected chi connectivity index (χ4v) is 2.96. The lowest BCUT2D eigenvalue weighted by molar-refractivity contribution is -0.671. The Bertz CT molecular complexity index is 664. The van der Waals surface area contributed by atoms with E-state index in [1.807, 2.05) is 64.1 Å².